The van der Waals surface area contributed by atoms with Crippen LogP contribution in [-0.4, -0.2) is 62.2 Å². The van der Waals surface area contributed by atoms with E-state index in [9.17, 15) is 27.5 Å². The van der Waals surface area contributed by atoms with Crippen molar-refractivity contribution in [3.8, 4) is 22.7 Å². The number of nitrogens with one attached hydrogen (secondary N) is 1. The van der Waals surface area contributed by atoms with Crippen molar-refractivity contribution >= 4 is 29.3 Å². The molecule has 4 heterocycles. The first-order valence-corrected chi connectivity index (χ1v) is 15.9. The van der Waals surface area contributed by atoms with Crippen LogP contribution in [0.15, 0.2) is 54.7 Å². The largest absolute Gasteiger partial charge is 0.480 e. The number of carbonyl (C=O) groups is 1. The Labute approximate surface area is 278 Å². The Morgan fingerprint density at radius 1 is 1.15 bits per heavy atom. The number of hydrogen-bond donors (Lipinski definition) is 3. The number of benzene rings is 2. The number of piperidine rings is 1. The number of carboxylic acid groups (broad SMARTS) is 1. The smallest absolute Gasteiger partial charge is 0.429 e. The molecule has 254 valence electrons. The number of rotatable bonds is 8. The lowest BCUT2D eigenvalue weighted by Crippen LogP contribution is -2.46. The Hall–Kier alpha value is -4.43. The standard InChI is InChI=1S/C33H34ClF4N7O3/c1-3-26-32(17-24(40-26)30(46)47)9-12-44(13-10-32)27-16-28(42-31(39)41-27)48-29(33(36,37)38)21-6-4-20(19-5-7-23(35)22(34)14-19)15-25(21)45-11-8-18(2)43-45/h4-8,11,14-16,24,26,29,40H,3,9-10,12-13,17H2,1-2H3,(H,46,47)(H2,39,41,42)/t24?,26?,29-/m1/s1. The summed E-state index contributed by atoms with van der Waals surface area (Å²) >= 11 is 5.99. The lowest BCUT2D eigenvalue weighted by Gasteiger charge is -2.43. The van der Waals surface area contributed by atoms with Crippen molar-refractivity contribution in [1.29, 1.82) is 0 Å². The molecule has 10 nitrogen and oxygen atoms in total. The summed E-state index contributed by atoms with van der Waals surface area (Å²) in [5.74, 6) is -1.80. The van der Waals surface area contributed by atoms with E-state index in [1.807, 2.05) is 11.8 Å². The van der Waals surface area contributed by atoms with E-state index < -0.39 is 30.1 Å². The average Bonchev–Trinajstić information content (AvgIpc) is 3.64. The maximum Gasteiger partial charge on any atom is 0.429 e. The van der Waals surface area contributed by atoms with E-state index in [0.717, 1.165) is 6.42 Å². The average molecular weight is 688 g/mol. The van der Waals surface area contributed by atoms with E-state index in [2.05, 4.69) is 20.4 Å². The Morgan fingerprint density at radius 2 is 1.85 bits per heavy atom. The fourth-order valence-electron chi connectivity index (χ4n) is 6.92. The molecule has 6 rings (SSSR count). The highest BCUT2D eigenvalue weighted by Gasteiger charge is 2.50. The van der Waals surface area contributed by atoms with Crippen LogP contribution in [0, 0.1) is 18.2 Å². The van der Waals surface area contributed by atoms with Crippen LogP contribution < -0.4 is 20.7 Å². The number of nitrogens with zero attached hydrogens (tertiary/aromatic N) is 5. The van der Waals surface area contributed by atoms with Gasteiger partial charge < -0.3 is 25.8 Å². The Kier molecular flexibility index (Phi) is 8.98. The summed E-state index contributed by atoms with van der Waals surface area (Å²) in [5, 5.41) is 17.1. The monoisotopic (exact) mass is 687 g/mol. The number of hydrogen-bond acceptors (Lipinski definition) is 8. The Balaban J connectivity index is 1.31. The molecule has 2 aromatic carbocycles. The van der Waals surface area contributed by atoms with Gasteiger partial charge in [-0.3, -0.25) is 4.79 Å². The normalized spacial score (nSPS) is 19.9. The van der Waals surface area contributed by atoms with Crippen LogP contribution in [-0.2, 0) is 4.79 Å². The molecule has 4 aromatic rings. The maximum atomic E-state index is 14.9. The molecule has 2 aliphatic heterocycles. The number of nitrogens with two attached hydrogens (primary N) is 1. The van der Waals surface area contributed by atoms with Crippen molar-refractivity contribution in [3.63, 3.8) is 0 Å². The summed E-state index contributed by atoms with van der Waals surface area (Å²) in [6.45, 7) is 4.73. The number of anilines is 2. The second kappa shape index (κ2) is 12.9. The number of carboxylic acids is 1. The zero-order valence-corrected chi connectivity index (χ0v) is 26.9. The predicted molar refractivity (Wildman–Crippen MR) is 172 cm³/mol. The molecule has 2 saturated heterocycles. The fourth-order valence-corrected chi connectivity index (χ4v) is 7.10. The summed E-state index contributed by atoms with van der Waals surface area (Å²) in [4.78, 5) is 21.9. The van der Waals surface area contributed by atoms with Crippen molar-refractivity contribution in [2.45, 2.75) is 63.9 Å². The second-order valence-corrected chi connectivity index (χ2v) is 12.7. The van der Waals surface area contributed by atoms with E-state index in [-0.39, 0.29) is 39.6 Å². The summed E-state index contributed by atoms with van der Waals surface area (Å²) in [6.07, 6.45) is -3.20. The number of halogens is 5. The van der Waals surface area contributed by atoms with Gasteiger partial charge in [0.2, 0.25) is 17.9 Å². The van der Waals surface area contributed by atoms with Gasteiger partial charge in [-0.2, -0.15) is 28.2 Å². The van der Waals surface area contributed by atoms with Crippen molar-refractivity contribution in [3.05, 3.63) is 76.8 Å². The minimum Gasteiger partial charge on any atom is -0.480 e. The van der Waals surface area contributed by atoms with Crippen molar-refractivity contribution in [2.24, 2.45) is 5.41 Å². The summed E-state index contributed by atoms with van der Waals surface area (Å²) < 4.78 is 65.3. The molecule has 2 unspecified atom stereocenters. The number of aromatic nitrogens is 4. The molecule has 3 atom stereocenters. The van der Waals surface area contributed by atoms with Crippen LogP contribution >= 0.6 is 11.6 Å². The molecular weight excluding hydrogens is 654 g/mol. The summed E-state index contributed by atoms with van der Waals surface area (Å²) in [5.41, 5.74) is 7.19. The molecule has 0 radical (unpaired) electrons. The van der Waals surface area contributed by atoms with Crippen molar-refractivity contribution < 1.29 is 32.2 Å². The first kappa shape index (κ1) is 33.5. The number of ether oxygens (including phenoxy) is 1. The van der Waals surface area contributed by atoms with Crippen LogP contribution in [0.1, 0.15) is 50.0 Å². The van der Waals surface area contributed by atoms with Gasteiger partial charge in [-0.1, -0.05) is 36.7 Å². The number of alkyl halides is 3. The quantitative estimate of drug-likeness (QED) is 0.178. The van der Waals surface area contributed by atoms with Crippen molar-refractivity contribution in [1.82, 2.24) is 25.1 Å². The third kappa shape index (κ3) is 6.63. The van der Waals surface area contributed by atoms with Crippen LogP contribution in [0.2, 0.25) is 5.02 Å². The molecule has 2 fully saturated rings. The first-order valence-electron chi connectivity index (χ1n) is 15.5. The predicted octanol–water partition coefficient (Wildman–Crippen LogP) is 6.51. The van der Waals surface area contributed by atoms with Crippen molar-refractivity contribution in [2.75, 3.05) is 23.7 Å². The zero-order chi connectivity index (χ0) is 34.4. The maximum absolute atomic E-state index is 14.9. The molecule has 2 aromatic heterocycles. The SMILES string of the molecule is CCC1NC(C(=O)O)CC12CCN(c1cc(O[C@H](c3ccc(-c4ccc(F)c(Cl)c4)cc3-n3ccc(C)n3)C(F)(F)F)nc(N)n1)CC2. The van der Waals surface area contributed by atoms with Crippen LogP contribution in [0.5, 0.6) is 5.88 Å². The molecule has 2 aliphatic rings. The lowest BCUT2D eigenvalue weighted by atomic mass is 9.71. The fraction of sp³-hybridized carbons (Fsp3) is 0.394. The highest BCUT2D eigenvalue weighted by Crippen LogP contribution is 2.46. The minimum absolute atomic E-state index is 0.0434. The van der Waals surface area contributed by atoms with Crippen LogP contribution in [0.25, 0.3) is 16.8 Å². The molecule has 1 spiro atoms. The lowest BCUT2D eigenvalue weighted by molar-refractivity contribution is -0.198. The molecular formula is C33H34ClF4N7O3. The molecule has 4 N–H and O–H groups in total. The van der Waals surface area contributed by atoms with Gasteiger partial charge in [0.1, 0.15) is 17.7 Å². The van der Waals surface area contributed by atoms with Gasteiger partial charge >= 0.3 is 12.1 Å². The number of aliphatic carboxylic acids is 1. The second-order valence-electron chi connectivity index (χ2n) is 12.3. The van der Waals surface area contributed by atoms with E-state index in [1.54, 1.807) is 13.0 Å². The highest BCUT2D eigenvalue weighted by molar-refractivity contribution is 6.31. The first-order chi connectivity index (χ1) is 22.8. The molecule has 0 amide bonds. The van der Waals surface area contributed by atoms with Gasteiger partial charge in [0, 0.05) is 37.0 Å². The number of aryl methyl sites for hydroxylation is 1. The van der Waals surface area contributed by atoms with Crippen LogP contribution in [0.4, 0.5) is 29.3 Å². The number of nitrogen functional groups attached to an aromatic ring is 1. The molecule has 0 aliphatic carbocycles. The van der Waals surface area contributed by atoms with Gasteiger partial charge in [0.15, 0.2) is 0 Å². The Morgan fingerprint density at radius 3 is 2.48 bits per heavy atom. The van der Waals surface area contributed by atoms with Gasteiger partial charge in [-0.05, 0) is 73.4 Å². The van der Waals surface area contributed by atoms with E-state index >= 15 is 0 Å². The third-order valence-electron chi connectivity index (χ3n) is 9.32. The van der Waals surface area contributed by atoms with E-state index in [4.69, 9.17) is 22.1 Å². The minimum atomic E-state index is -4.89. The van der Waals surface area contributed by atoms with E-state index in [0.29, 0.717) is 55.0 Å². The molecule has 0 bridgehead atoms. The molecule has 15 heteroatoms. The molecule has 0 saturated carbocycles. The van der Waals surface area contributed by atoms with Gasteiger partial charge in [-0.25, -0.2) is 9.07 Å². The van der Waals surface area contributed by atoms with Gasteiger partial charge in [0.25, 0.3) is 0 Å². The van der Waals surface area contributed by atoms with Crippen LogP contribution in [0.3, 0.4) is 0 Å². The summed E-state index contributed by atoms with van der Waals surface area (Å²) in [6, 6.07) is 10.7. The van der Waals surface area contributed by atoms with Gasteiger partial charge in [0.05, 0.1) is 16.4 Å². The topological polar surface area (TPSA) is 131 Å². The summed E-state index contributed by atoms with van der Waals surface area (Å²) in [7, 11) is 0. The zero-order valence-electron chi connectivity index (χ0n) is 26.1. The highest BCUT2D eigenvalue weighted by atomic mass is 35.5. The van der Waals surface area contributed by atoms with E-state index in [1.165, 1.54) is 53.3 Å². The third-order valence-corrected chi connectivity index (χ3v) is 9.61. The Bertz CT molecular complexity index is 1830. The van der Waals surface area contributed by atoms with Gasteiger partial charge in [-0.15, -0.1) is 0 Å². The molecule has 48 heavy (non-hydrogen) atoms.